The van der Waals surface area contributed by atoms with Crippen molar-refractivity contribution in [1.29, 1.82) is 0 Å². The Hall–Kier alpha value is -0.573. The largest absolute Gasteiger partial charge is 0.463 e. The van der Waals surface area contributed by atoms with Crippen LogP contribution in [0.2, 0.25) is 18.1 Å². The second kappa shape index (κ2) is 22.2. The van der Waals surface area contributed by atoms with Crippen LogP contribution in [0.3, 0.4) is 0 Å². The van der Waals surface area contributed by atoms with Gasteiger partial charge >= 0.3 is 5.97 Å². The van der Waals surface area contributed by atoms with Crippen LogP contribution in [0, 0.1) is 0 Å². The molecule has 32 heavy (non-hydrogen) atoms. The molecule has 0 heterocycles. The van der Waals surface area contributed by atoms with Crippen LogP contribution < -0.4 is 0 Å². The highest BCUT2D eigenvalue weighted by Gasteiger charge is 2.38. The SMILES string of the molecule is C=C(C(=O)OCC)[Si](CCCCCCCC)(CCCCCCCC)CCCCCCCC. The van der Waals surface area contributed by atoms with E-state index in [1.54, 1.807) is 0 Å². The number of hydrogen-bond acceptors (Lipinski definition) is 2. The molecule has 190 valence electrons. The molecule has 0 atom stereocenters. The smallest absolute Gasteiger partial charge is 0.329 e. The summed E-state index contributed by atoms with van der Waals surface area (Å²) in [4.78, 5) is 12.8. The van der Waals surface area contributed by atoms with Crippen LogP contribution in [0.25, 0.3) is 0 Å². The molecule has 0 saturated heterocycles. The van der Waals surface area contributed by atoms with Crippen molar-refractivity contribution in [2.24, 2.45) is 0 Å². The number of esters is 1. The van der Waals surface area contributed by atoms with Gasteiger partial charge in [0.05, 0.1) is 14.7 Å². The molecule has 0 aliphatic rings. The zero-order chi connectivity index (χ0) is 23.9. The monoisotopic (exact) mass is 466 g/mol. The van der Waals surface area contributed by atoms with E-state index in [0.29, 0.717) is 6.61 Å². The van der Waals surface area contributed by atoms with Crippen molar-refractivity contribution in [3.8, 4) is 0 Å². The maximum Gasteiger partial charge on any atom is 0.329 e. The minimum Gasteiger partial charge on any atom is -0.463 e. The van der Waals surface area contributed by atoms with Crippen molar-refractivity contribution in [2.45, 2.75) is 161 Å². The van der Waals surface area contributed by atoms with Gasteiger partial charge in [-0.2, -0.15) is 0 Å². The van der Waals surface area contributed by atoms with Crippen molar-refractivity contribution in [2.75, 3.05) is 6.61 Å². The lowest BCUT2D eigenvalue weighted by atomic mass is 10.1. The third-order valence-corrected chi connectivity index (χ3v) is 12.6. The Morgan fingerprint density at radius 1 is 0.562 bits per heavy atom. The van der Waals surface area contributed by atoms with Crippen LogP contribution in [-0.4, -0.2) is 20.7 Å². The van der Waals surface area contributed by atoms with Gasteiger partial charge in [-0.25, -0.2) is 4.79 Å². The molecule has 0 N–H and O–H groups in total. The zero-order valence-electron chi connectivity index (χ0n) is 22.6. The van der Waals surface area contributed by atoms with Crippen molar-refractivity contribution in [3.63, 3.8) is 0 Å². The van der Waals surface area contributed by atoms with Gasteiger partial charge in [-0.05, 0) is 6.92 Å². The molecule has 0 spiro atoms. The minimum absolute atomic E-state index is 0.0814. The van der Waals surface area contributed by atoms with E-state index in [4.69, 9.17) is 4.74 Å². The van der Waals surface area contributed by atoms with Gasteiger partial charge in [-0.3, -0.25) is 0 Å². The molecule has 0 rings (SSSR count). The summed E-state index contributed by atoms with van der Waals surface area (Å²) in [5.74, 6) is -0.0814. The number of ether oxygens (including phenoxy) is 1. The van der Waals surface area contributed by atoms with Crippen LogP contribution in [0.4, 0.5) is 0 Å². The number of hydrogen-bond donors (Lipinski definition) is 0. The van der Waals surface area contributed by atoms with Crippen LogP contribution in [0.5, 0.6) is 0 Å². The van der Waals surface area contributed by atoms with Crippen molar-refractivity contribution >= 4 is 14.0 Å². The maximum absolute atomic E-state index is 12.8. The molecule has 0 aliphatic heterocycles. The highest BCUT2D eigenvalue weighted by molar-refractivity contribution is 6.90. The summed E-state index contributed by atoms with van der Waals surface area (Å²) in [6.45, 7) is 13.6. The second-order valence-electron chi connectivity index (χ2n) is 10.0. The molecule has 0 aromatic rings. The van der Waals surface area contributed by atoms with Crippen LogP contribution in [0.1, 0.15) is 143 Å². The van der Waals surface area contributed by atoms with E-state index in [2.05, 4.69) is 27.4 Å². The number of carbonyl (C=O) groups is 1. The van der Waals surface area contributed by atoms with E-state index >= 15 is 0 Å². The number of rotatable bonds is 24. The van der Waals surface area contributed by atoms with Gasteiger partial charge in [0.1, 0.15) is 0 Å². The molecule has 0 bridgehead atoms. The Balaban J connectivity index is 5.08. The molecule has 0 radical (unpaired) electrons. The highest BCUT2D eigenvalue weighted by atomic mass is 28.3. The maximum atomic E-state index is 12.8. The zero-order valence-corrected chi connectivity index (χ0v) is 23.6. The summed E-state index contributed by atoms with van der Waals surface area (Å²) in [5.41, 5.74) is 0. The van der Waals surface area contributed by atoms with Gasteiger partial charge in [-0.1, -0.05) is 161 Å². The fourth-order valence-electron chi connectivity index (χ4n) is 4.99. The standard InChI is InChI=1S/C29H58O2Si/c1-6-10-13-16-19-22-25-32(28(5)29(30)31-9-4,26-23-20-17-14-11-7-2)27-24-21-18-15-12-8-3/h5-27H2,1-4H3. The van der Waals surface area contributed by atoms with E-state index in [0.717, 1.165) is 5.20 Å². The first-order valence-corrected chi connectivity index (χ1v) is 17.1. The Kier molecular flexibility index (Phi) is 21.8. The quantitative estimate of drug-likeness (QED) is 0.0612. The van der Waals surface area contributed by atoms with Gasteiger partial charge in [0.2, 0.25) is 0 Å². The first-order chi connectivity index (χ1) is 15.6. The predicted octanol–water partition coefficient (Wildman–Crippen LogP) is 10.2. The van der Waals surface area contributed by atoms with Gasteiger partial charge in [0, 0.05) is 5.20 Å². The Morgan fingerprint density at radius 3 is 1.19 bits per heavy atom. The van der Waals surface area contributed by atoms with Crippen molar-refractivity contribution in [1.82, 2.24) is 0 Å². The summed E-state index contributed by atoms with van der Waals surface area (Å²) in [7, 11) is -1.87. The number of carbonyl (C=O) groups excluding carboxylic acids is 1. The Bertz CT molecular complexity index is 406. The molecular weight excluding hydrogens is 408 g/mol. The summed E-state index contributed by atoms with van der Waals surface area (Å²) >= 11 is 0. The van der Waals surface area contributed by atoms with Crippen LogP contribution in [0.15, 0.2) is 11.8 Å². The lowest BCUT2D eigenvalue weighted by molar-refractivity contribution is -0.137. The van der Waals surface area contributed by atoms with Crippen LogP contribution >= 0.6 is 0 Å². The van der Waals surface area contributed by atoms with Crippen molar-refractivity contribution < 1.29 is 9.53 Å². The normalized spacial score (nSPS) is 11.6. The van der Waals surface area contributed by atoms with E-state index in [1.807, 2.05) is 6.92 Å². The first-order valence-electron chi connectivity index (χ1n) is 14.4. The van der Waals surface area contributed by atoms with Crippen molar-refractivity contribution in [3.05, 3.63) is 11.8 Å². The molecule has 0 aromatic heterocycles. The fraction of sp³-hybridized carbons (Fsp3) is 0.897. The van der Waals surface area contributed by atoms with E-state index in [-0.39, 0.29) is 5.97 Å². The first kappa shape index (κ1) is 31.4. The predicted molar refractivity (Wildman–Crippen MR) is 146 cm³/mol. The number of unbranched alkanes of at least 4 members (excludes halogenated alkanes) is 15. The minimum atomic E-state index is -1.87. The van der Waals surface area contributed by atoms with Gasteiger partial charge < -0.3 is 4.74 Å². The molecule has 0 amide bonds. The molecule has 0 aromatic carbocycles. The Morgan fingerprint density at radius 2 is 0.875 bits per heavy atom. The van der Waals surface area contributed by atoms with E-state index < -0.39 is 8.07 Å². The van der Waals surface area contributed by atoms with Gasteiger partial charge in [0.25, 0.3) is 0 Å². The fourth-order valence-corrected chi connectivity index (χ4v) is 9.93. The summed E-state index contributed by atoms with van der Waals surface area (Å²) in [5, 5.41) is 0.912. The third kappa shape index (κ3) is 15.3. The highest BCUT2D eigenvalue weighted by Crippen LogP contribution is 2.35. The Labute approximate surface area is 203 Å². The van der Waals surface area contributed by atoms with Gasteiger partial charge in [0.15, 0.2) is 0 Å². The van der Waals surface area contributed by atoms with Gasteiger partial charge in [-0.15, -0.1) is 0 Å². The summed E-state index contributed by atoms with van der Waals surface area (Å²) < 4.78 is 5.48. The molecule has 0 unspecified atom stereocenters. The summed E-state index contributed by atoms with van der Waals surface area (Å²) in [6.07, 6.45) is 23.9. The van der Waals surface area contributed by atoms with E-state index in [1.165, 1.54) is 134 Å². The average molecular weight is 467 g/mol. The van der Waals surface area contributed by atoms with Crippen LogP contribution in [-0.2, 0) is 9.53 Å². The molecule has 2 nitrogen and oxygen atoms in total. The molecule has 3 heteroatoms. The molecular formula is C29H58O2Si. The topological polar surface area (TPSA) is 26.3 Å². The lowest BCUT2D eigenvalue weighted by Crippen LogP contribution is -2.40. The molecule has 0 fully saturated rings. The van der Waals surface area contributed by atoms with E-state index in [9.17, 15) is 4.79 Å². The molecule has 0 saturated carbocycles. The summed E-state index contributed by atoms with van der Waals surface area (Å²) in [6, 6.07) is 3.75. The lowest BCUT2D eigenvalue weighted by Gasteiger charge is -2.33. The third-order valence-electron chi connectivity index (χ3n) is 7.19. The molecule has 0 aliphatic carbocycles. The second-order valence-corrected chi connectivity index (χ2v) is 14.7. The average Bonchev–Trinajstić information content (AvgIpc) is 2.79.